The van der Waals surface area contributed by atoms with Crippen LogP contribution in [0.15, 0.2) is 34.7 Å². The van der Waals surface area contributed by atoms with Crippen molar-refractivity contribution in [2.75, 3.05) is 24.9 Å². The maximum atomic E-state index is 13.6. The molecule has 0 unspecified atom stereocenters. The molecule has 0 spiro atoms. The molecule has 1 amide bonds. The minimum atomic E-state index is -0.380. The Morgan fingerprint density at radius 3 is 2.61 bits per heavy atom. The summed E-state index contributed by atoms with van der Waals surface area (Å²) < 4.78 is 19.3. The van der Waals surface area contributed by atoms with Crippen molar-refractivity contribution in [3.05, 3.63) is 56.4 Å². The third-order valence-electron chi connectivity index (χ3n) is 7.49. The van der Waals surface area contributed by atoms with E-state index in [4.69, 9.17) is 42.2 Å². The van der Waals surface area contributed by atoms with Gasteiger partial charge >= 0.3 is 5.97 Å². The van der Waals surface area contributed by atoms with Gasteiger partial charge in [-0.25, -0.2) is 4.79 Å². The van der Waals surface area contributed by atoms with Gasteiger partial charge in [-0.15, -0.1) is 23.2 Å². The van der Waals surface area contributed by atoms with Crippen LogP contribution in [-0.2, 0) is 22.4 Å². The van der Waals surface area contributed by atoms with Crippen LogP contribution < -0.4 is 10.1 Å². The summed E-state index contributed by atoms with van der Waals surface area (Å²) >= 11 is 14.0. The van der Waals surface area contributed by atoms with Gasteiger partial charge in [0, 0.05) is 36.5 Å². The predicted molar refractivity (Wildman–Crippen MR) is 182 cm³/mol. The second-order valence-electron chi connectivity index (χ2n) is 11.0. The standard InChI is InChI=1S/C34H38Cl2INO6/c1-22-8-10-25(11-9-22)43-34(41)32-27-21-26(12-13-29(27)44-30(32)7-5-15-36)42-33-24(6-3-2-4-14-35)18-23(19-28(33)37)20-31(40)38-16-17-39/h12-13,18-19,21-22,25,39H,2,4-5,7-11,14-17,20H2,1H3,(H,38,40). The van der Waals surface area contributed by atoms with E-state index in [-0.39, 0.29) is 37.6 Å². The van der Waals surface area contributed by atoms with Gasteiger partial charge in [0.15, 0.2) is 5.75 Å². The van der Waals surface area contributed by atoms with E-state index in [0.29, 0.717) is 76.3 Å². The van der Waals surface area contributed by atoms with Gasteiger partial charge < -0.3 is 24.3 Å². The number of carbonyl (C=O) groups excluding carboxylic acids is 2. The fraction of sp³-hybridized carbons (Fsp3) is 0.471. The summed E-state index contributed by atoms with van der Waals surface area (Å²) in [4.78, 5) is 25.9. The number of esters is 1. The molecule has 0 aliphatic heterocycles. The Morgan fingerprint density at radius 1 is 1.11 bits per heavy atom. The summed E-state index contributed by atoms with van der Waals surface area (Å²) in [6.45, 7) is 2.30. The normalized spacial score (nSPS) is 16.3. The molecule has 0 atom stereocenters. The van der Waals surface area contributed by atoms with Crippen molar-refractivity contribution < 1.29 is 28.6 Å². The predicted octanol–water partition coefficient (Wildman–Crippen LogP) is 7.76. The SMILES string of the molecule is CC1CCC(OC(=O)c2c(CCCCl)oc3ccc(Oc4c(I)cc(CC(=O)NCCO)cc4C#CCCCCl)cc23)CC1. The van der Waals surface area contributed by atoms with Crippen molar-refractivity contribution in [3.63, 3.8) is 0 Å². The highest BCUT2D eigenvalue weighted by atomic mass is 127. The highest BCUT2D eigenvalue weighted by Gasteiger charge is 2.27. The molecular formula is C34H38Cl2INO6. The van der Waals surface area contributed by atoms with Crippen LogP contribution in [-0.4, -0.2) is 48.0 Å². The van der Waals surface area contributed by atoms with Gasteiger partial charge in [-0.2, -0.15) is 0 Å². The number of rotatable bonds is 13. The molecule has 2 aromatic carbocycles. The minimum Gasteiger partial charge on any atom is -0.460 e. The highest BCUT2D eigenvalue weighted by Crippen LogP contribution is 2.36. The Balaban J connectivity index is 1.67. The molecule has 7 nitrogen and oxygen atoms in total. The number of alkyl halides is 2. The molecule has 3 aromatic rings. The van der Waals surface area contributed by atoms with Crippen LogP contribution in [0.1, 0.15) is 79.1 Å². The van der Waals surface area contributed by atoms with Crippen molar-refractivity contribution in [1.82, 2.24) is 5.32 Å². The first-order chi connectivity index (χ1) is 21.3. The molecule has 10 heteroatoms. The van der Waals surface area contributed by atoms with E-state index in [0.717, 1.165) is 41.2 Å². The first kappa shape index (κ1) is 34.4. The summed E-state index contributed by atoms with van der Waals surface area (Å²) in [7, 11) is 0. The van der Waals surface area contributed by atoms with Gasteiger partial charge in [0.2, 0.25) is 5.91 Å². The lowest BCUT2D eigenvalue weighted by Gasteiger charge is -2.26. The minimum absolute atomic E-state index is 0.102. The summed E-state index contributed by atoms with van der Waals surface area (Å²) in [5.74, 6) is 9.01. The molecule has 0 radical (unpaired) electrons. The number of halogens is 3. The Labute approximate surface area is 282 Å². The lowest BCUT2D eigenvalue weighted by atomic mass is 9.89. The molecular weight excluding hydrogens is 716 g/mol. The molecule has 1 aromatic heterocycles. The fourth-order valence-electron chi connectivity index (χ4n) is 5.20. The molecule has 1 aliphatic rings. The molecule has 0 bridgehead atoms. The smallest absolute Gasteiger partial charge is 0.342 e. The largest absolute Gasteiger partial charge is 0.460 e. The molecule has 236 valence electrons. The number of aliphatic hydroxyl groups excluding tert-OH is 1. The van der Waals surface area contributed by atoms with Crippen molar-refractivity contribution >= 4 is 68.6 Å². The van der Waals surface area contributed by atoms with Crippen molar-refractivity contribution in [3.8, 4) is 23.3 Å². The quantitative estimate of drug-likeness (QED) is 0.0609. The monoisotopic (exact) mass is 753 g/mol. The number of hydrogen-bond acceptors (Lipinski definition) is 6. The van der Waals surface area contributed by atoms with E-state index in [9.17, 15) is 9.59 Å². The molecule has 44 heavy (non-hydrogen) atoms. The lowest BCUT2D eigenvalue weighted by Crippen LogP contribution is -2.27. The first-order valence-electron chi connectivity index (χ1n) is 15.1. The summed E-state index contributed by atoms with van der Waals surface area (Å²) in [6.07, 6.45) is 6.42. The number of benzene rings is 2. The maximum Gasteiger partial charge on any atom is 0.342 e. The van der Waals surface area contributed by atoms with Crippen molar-refractivity contribution in [1.29, 1.82) is 0 Å². The molecule has 1 heterocycles. The van der Waals surface area contributed by atoms with Gasteiger partial charge in [0.05, 0.1) is 22.2 Å². The van der Waals surface area contributed by atoms with Crippen LogP contribution in [0.5, 0.6) is 11.5 Å². The Bertz CT molecular complexity index is 1500. The zero-order valence-corrected chi connectivity index (χ0v) is 28.5. The van der Waals surface area contributed by atoms with Crippen LogP contribution in [0.4, 0.5) is 0 Å². The Hall–Kier alpha value is -2.45. The van der Waals surface area contributed by atoms with Gasteiger partial charge in [0.25, 0.3) is 0 Å². The Morgan fingerprint density at radius 2 is 1.89 bits per heavy atom. The number of aliphatic hydroxyl groups is 1. The van der Waals surface area contributed by atoms with E-state index in [2.05, 4.69) is 46.7 Å². The van der Waals surface area contributed by atoms with Gasteiger partial charge in [-0.05, 0) is 103 Å². The van der Waals surface area contributed by atoms with Crippen LogP contribution in [0.2, 0.25) is 0 Å². The molecule has 4 rings (SSSR count). The third-order valence-corrected chi connectivity index (χ3v) is 8.83. The van der Waals surface area contributed by atoms with E-state index >= 15 is 0 Å². The molecule has 1 saturated carbocycles. The van der Waals surface area contributed by atoms with Gasteiger partial charge in [-0.3, -0.25) is 4.79 Å². The average molecular weight is 754 g/mol. The fourth-order valence-corrected chi connectivity index (χ4v) is 6.27. The number of unbranched alkanes of at least 4 members (excludes halogenated alkanes) is 1. The van der Waals surface area contributed by atoms with Crippen LogP contribution in [0, 0.1) is 21.3 Å². The molecule has 1 fully saturated rings. The van der Waals surface area contributed by atoms with E-state index in [1.165, 1.54) is 0 Å². The zero-order chi connectivity index (χ0) is 31.5. The van der Waals surface area contributed by atoms with Crippen molar-refractivity contribution in [2.24, 2.45) is 5.92 Å². The number of amides is 1. The maximum absolute atomic E-state index is 13.6. The lowest BCUT2D eigenvalue weighted by molar-refractivity contribution is -0.120. The van der Waals surface area contributed by atoms with E-state index in [1.54, 1.807) is 18.2 Å². The number of ether oxygens (including phenoxy) is 2. The summed E-state index contributed by atoms with van der Waals surface area (Å²) in [5.41, 5.74) is 2.41. The van der Waals surface area contributed by atoms with Crippen LogP contribution >= 0.6 is 45.8 Å². The van der Waals surface area contributed by atoms with Gasteiger partial charge in [-0.1, -0.05) is 18.8 Å². The molecule has 1 aliphatic carbocycles. The number of fused-ring (bicyclic) bond motifs is 1. The van der Waals surface area contributed by atoms with E-state index in [1.807, 2.05) is 12.1 Å². The van der Waals surface area contributed by atoms with E-state index < -0.39 is 0 Å². The topological polar surface area (TPSA) is 98.0 Å². The number of nitrogens with one attached hydrogen (secondary N) is 1. The average Bonchev–Trinajstić information content (AvgIpc) is 3.37. The number of hydrogen-bond donors (Lipinski definition) is 2. The highest BCUT2D eigenvalue weighted by molar-refractivity contribution is 14.1. The number of carbonyl (C=O) groups is 2. The first-order valence-corrected chi connectivity index (χ1v) is 17.2. The summed E-state index contributed by atoms with van der Waals surface area (Å²) in [5, 5.41) is 12.3. The number of furan rings is 1. The van der Waals surface area contributed by atoms with Gasteiger partial charge in [0.1, 0.15) is 28.8 Å². The Kier molecular flexibility index (Phi) is 13.5. The van der Waals surface area contributed by atoms with Crippen LogP contribution in [0.3, 0.4) is 0 Å². The summed E-state index contributed by atoms with van der Waals surface area (Å²) in [6, 6.07) is 9.13. The second-order valence-corrected chi connectivity index (χ2v) is 13.0. The molecule has 2 N–H and O–H groups in total. The number of aryl methyl sites for hydroxylation is 1. The van der Waals surface area contributed by atoms with Crippen LogP contribution in [0.25, 0.3) is 11.0 Å². The third kappa shape index (κ3) is 9.53. The zero-order valence-electron chi connectivity index (χ0n) is 24.9. The van der Waals surface area contributed by atoms with Crippen molar-refractivity contribution in [2.45, 2.75) is 70.8 Å². The molecule has 0 saturated heterocycles. The second kappa shape index (κ2) is 17.3.